The molecule has 3 rings (SSSR count). The van der Waals surface area contributed by atoms with E-state index in [1.807, 2.05) is 24.3 Å². The number of amides is 2. The van der Waals surface area contributed by atoms with E-state index in [-0.39, 0.29) is 17.7 Å². The van der Waals surface area contributed by atoms with Gasteiger partial charge in [-0.25, -0.2) is 4.98 Å². The lowest BCUT2D eigenvalue weighted by Crippen LogP contribution is -2.39. The summed E-state index contributed by atoms with van der Waals surface area (Å²) in [6.45, 7) is 0. The number of hydrogen-bond acceptors (Lipinski definition) is 3. The van der Waals surface area contributed by atoms with Gasteiger partial charge in [-0.05, 0) is 33.3 Å². The smallest absolute Gasteiger partial charge is 0.234 e. The van der Waals surface area contributed by atoms with Crippen LogP contribution in [-0.2, 0) is 9.59 Å². The van der Waals surface area contributed by atoms with Gasteiger partial charge in [0.05, 0.1) is 5.92 Å². The molecule has 96 valence electrons. The van der Waals surface area contributed by atoms with E-state index in [1.165, 1.54) is 0 Å². The first-order chi connectivity index (χ1) is 9.16. The van der Waals surface area contributed by atoms with Crippen molar-refractivity contribution in [2.75, 3.05) is 0 Å². The topological polar surface area (TPSA) is 59.1 Å². The monoisotopic (exact) mass is 318 g/mol. The number of rotatable bonds is 1. The lowest BCUT2D eigenvalue weighted by molar-refractivity contribution is -0.134. The number of pyridine rings is 1. The van der Waals surface area contributed by atoms with Crippen LogP contribution in [0, 0.1) is 0 Å². The zero-order valence-electron chi connectivity index (χ0n) is 10.0. The van der Waals surface area contributed by atoms with Crippen LogP contribution in [0.4, 0.5) is 0 Å². The van der Waals surface area contributed by atoms with Gasteiger partial charge in [0, 0.05) is 18.0 Å². The van der Waals surface area contributed by atoms with Crippen LogP contribution in [-0.4, -0.2) is 16.8 Å². The van der Waals surface area contributed by atoms with Crippen LogP contribution in [0.3, 0.4) is 0 Å². The number of benzene rings is 1. The fourth-order valence-electron chi connectivity index (χ4n) is 2.45. The molecule has 0 aliphatic carbocycles. The minimum atomic E-state index is -0.303. The third-order valence-corrected chi connectivity index (χ3v) is 4.02. The van der Waals surface area contributed by atoms with E-state index in [0.717, 1.165) is 20.9 Å². The highest BCUT2D eigenvalue weighted by Crippen LogP contribution is 2.32. The zero-order valence-corrected chi connectivity index (χ0v) is 11.6. The first kappa shape index (κ1) is 12.3. The number of halogens is 1. The van der Waals surface area contributed by atoms with Gasteiger partial charge in [-0.1, -0.05) is 24.3 Å². The highest BCUT2D eigenvalue weighted by atomic mass is 79.9. The van der Waals surface area contributed by atoms with Gasteiger partial charge in [0.2, 0.25) is 11.8 Å². The highest BCUT2D eigenvalue weighted by molar-refractivity contribution is 9.10. The molecule has 1 aromatic carbocycles. The maximum Gasteiger partial charge on any atom is 0.234 e. The minimum Gasteiger partial charge on any atom is -0.296 e. The predicted molar refractivity (Wildman–Crippen MR) is 74.6 cm³/mol. The molecule has 0 spiro atoms. The summed E-state index contributed by atoms with van der Waals surface area (Å²) in [5.41, 5.74) is 0.879. The Bertz CT molecular complexity index is 684. The van der Waals surface area contributed by atoms with Crippen LogP contribution in [0.2, 0.25) is 0 Å². The van der Waals surface area contributed by atoms with Gasteiger partial charge in [-0.2, -0.15) is 0 Å². The second-order valence-electron chi connectivity index (χ2n) is 4.55. The number of piperidine rings is 1. The molecule has 19 heavy (non-hydrogen) atoms. The summed E-state index contributed by atoms with van der Waals surface area (Å²) in [5.74, 6) is -0.732. The summed E-state index contributed by atoms with van der Waals surface area (Å²) in [7, 11) is 0. The first-order valence-corrected chi connectivity index (χ1v) is 6.83. The lowest BCUT2D eigenvalue weighted by atomic mass is 9.89. The standard InChI is InChI=1S/C14H11BrN2O2/c15-13-9-4-2-1-3-8(9)11(7-16-13)10-5-6-12(18)17-14(10)19/h1-4,7,10H,5-6H2,(H,17,18,19). The molecule has 1 fully saturated rings. The predicted octanol–water partition coefficient (Wildman–Crippen LogP) is 2.52. The number of nitrogens with one attached hydrogen (secondary N) is 1. The van der Waals surface area contributed by atoms with E-state index < -0.39 is 0 Å². The molecule has 4 nitrogen and oxygen atoms in total. The van der Waals surface area contributed by atoms with E-state index in [9.17, 15) is 9.59 Å². The Labute approximate surface area is 118 Å². The van der Waals surface area contributed by atoms with Crippen LogP contribution >= 0.6 is 15.9 Å². The Kier molecular flexibility index (Phi) is 3.06. The maximum atomic E-state index is 12.0. The Hall–Kier alpha value is -1.75. The molecule has 2 amide bonds. The van der Waals surface area contributed by atoms with Gasteiger partial charge in [0.1, 0.15) is 4.60 Å². The minimum absolute atomic E-state index is 0.198. The molecule has 1 aromatic heterocycles. The number of hydrogen-bond donors (Lipinski definition) is 1. The van der Waals surface area contributed by atoms with Crippen molar-refractivity contribution < 1.29 is 9.59 Å². The number of imide groups is 1. The van der Waals surface area contributed by atoms with E-state index >= 15 is 0 Å². The molecule has 1 unspecified atom stereocenters. The lowest BCUT2D eigenvalue weighted by Gasteiger charge is -2.22. The Morgan fingerprint density at radius 1 is 1.21 bits per heavy atom. The zero-order chi connectivity index (χ0) is 13.4. The second kappa shape index (κ2) is 4.74. The van der Waals surface area contributed by atoms with Crippen LogP contribution in [0.25, 0.3) is 10.8 Å². The first-order valence-electron chi connectivity index (χ1n) is 6.03. The Morgan fingerprint density at radius 2 is 1.95 bits per heavy atom. The molecule has 0 radical (unpaired) electrons. The molecular weight excluding hydrogens is 308 g/mol. The Balaban J connectivity index is 2.13. The molecule has 1 saturated heterocycles. The number of fused-ring (bicyclic) bond motifs is 1. The van der Waals surface area contributed by atoms with Crippen molar-refractivity contribution in [1.82, 2.24) is 10.3 Å². The molecule has 1 aliphatic heterocycles. The van der Waals surface area contributed by atoms with Gasteiger partial charge in [-0.15, -0.1) is 0 Å². The second-order valence-corrected chi connectivity index (χ2v) is 5.30. The van der Waals surface area contributed by atoms with E-state index in [0.29, 0.717) is 12.8 Å². The Morgan fingerprint density at radius 3 is 2.68 bits per heavy atom. The molecule has 1 atom stereocenters. The molecular formula is C14H11BrN2O2. The molecule has 2 aromatic rings. The number of nitrogens with zero attached hydrogens (tertiary/aromatic N) is 1. The van der Waals surface area contributed by atoms with E-state index in [2.05, 4.69) is 26.2 Å². The van der Waals surface area contributed by atoms with Crippen LogP contribution < -0.4 is 5.32 Å². The molecule has 0 saturated carbocycles. The van der Waals surface area contributed by atoms with Crippen LogP contribution in [0.1, 0.15) is 24.3 Å². The average Bonchev–Trinajstić information content (AvgIpc) is 2.41. The molecule has 0 bridgehead atoms. The van der Waals surface area contributed by atoms with Crippen molar-refractivity contribution in [2.24, 2.45) is 0 Å². The third-order valence-electron chi connectivity index (χ3n) is 3.39. The summed E-state index contributed by atoms with van der Waals surface area (Å²) in [6.07, 6.45) is 2.63. The number of aromatic nitrogens is 1. The van der Waals surface area contributed by atoms with Crippen molar-refractivity contribution in [3.05, 3.63) is 40.6 Å². The summed E-state index contributed by atoms with van der Waals surface area (Å²) in [5, 5.41) is 4.37. The number of carbonyl (C=O) groups excluding carboxylic acids is 2. The van der Waals surface area contributed by atoms with Crippen molar-refractivity contribution in [1.29, 1.82) is 0 Å². The quantitative estimate of drug-likeness (QED) is 0.649. The fraction of sp³-hybridized carbons (Fsp3) is 0.214. The molecule has 1 aliphatic rings. The molecule has 2 heterocycles. The van der Waals surface area contributed by atoms with Gasteiger partial charge >= 0.3 is 0 Å². The van der Waals surface area contributed by atoms with E-state index in [4.69, 9.17) is 0 Å². The number of carbonyl (C=O) groups is 2. The normalized spacial score (nSPS) is 19.5. The third kappa shape index (κ3) is 2.14. The summed E-state index contributed by atoms with van der Waals surface area (Å²) < 4.78 is 0.763. The maximum absolute atomic E-state index is 12.0. The van der Waals surface area contributed by atoms with Gasteiger partial charge in [0.25, 0.3) is 0 Å². The summed E-state index contributed by atoms with van der Waals surface area (Å²) >= 11 is 3.41. The molecule has 5 heteroatoms. The van der Waals surface area contributed by atoms with Crippen molar-refractivity contribution in [3.63, 3.8) is 0 Å². The SMILES string of the molecule is O=C1CCC(c2cnc(Br)c3ccccc23)C(=O)N1. The molecule has 1 N–H and O–H groups in total. The van der Waals surface area contributed by atoms with Crippen LogP contribution in [0.5, 0.6) is 0 Å². The van der Waals surface area contributed by atoms with Gasteiger partial charge in [-0.3, -0.25) is 14.9 Å². The van der Waals surface area contributed by atoms with Crippen molar-refractivity contribution in [3.8, 4) is 0 Å². The van der Waals surface area contributed by atoms with Gasteiger partial charge in [0.15, 0.2) is 0 Å². The van der Waals surface area contributed by atoms with E-state index in [1.54, 1.807) is 6.20 Å². The summed E-state index contributed by atoms with van der Waals surface area (Å²) in [4.78, 5) is 27.5. The average molecular weight is 319 g/mol. The fourth-order valence-corrected chi connectivity index (χ4v) is 2.90. The van der Waals surface area contributed by atoms with Crippen LogP contribution in [0.15, 0.2) is 35.1 Å². The largest absolute Gasteiger partial charge is 0.296 e. The summed E-state index contributed by atoms with van der Waals surface area (Å²) in [6, 6.07) is 7.80. The van der Waals surface area contributed by atoms with Gasteiger partial charge < -0.3 is 0 Å². The van der Waals surface area contributed by atoms with Crippen molar-refractivity contribution >= 4 is 38.5 Å². The van der Waals surface area contributed by atoms with Crippen molar-refractivity contribution in [2.45, 2.75) is 18.8 Å². The highest BCUT2D eigenvalue weighted by Gasteiger charge is 2.29.